The fourth-order valence-electron chi connectivity index (χ4n) is 3.74. The second-order valence-corrected chi connectivity index (χ2v) is 7.73. The Balaban J connectivity index is 1.78. The summed E-state index contributed by atoms with van der Waals surface area (Å²) >= 11 is 5.11. The quantitative estimate of drug-likeness (QED) is 0.207. The highest BCUT2D eigenvalue weighted by Crippen LogP contribution is 2.28. The number of hydrogen-bond acceptors (Lipinski definition) is 5. The fourth-order valence-corrected chi connectivity index (χ4v) is 4.02. The Hall–Kier alpha value is -4.18. The van der Waals surface area contributed by atoms with Crippen molar-refractivity contribution in [2.45, 2.75) is 13.8 Å². The van der Waals surface area contributed by atoms with Crippen molar-refractivity contribution < 1.29 is 18.9 Å². The first-order valence-corrected chi connectivity index (χ1v) is 10.2. The molecule has 0 bridgehead atoms. The molecule has 1 N–H and O–H groups in total. The van der Waals surface area contributed by atoms with Gasteiger partial charge in [-0.05, 0) is 62.0 Å². The van der Waals surface area contributed by atoms with Gasteiger partial charge in [-0.2, -0.15) is 0 Å². The third kappa shape index (κ3) is 3.92. The van der Waals surface area contributed by atoms with Gasteiger partial charge >= 0.3 is 0 Å². The van der Waals surface area contributed by atoms with E-state index in [1.54, 1.807) is 42.7 Å². The van der Waals surface area contributed by atoms with Crippen molar-refractivity contribution in [3.05, 3.63) is 93.1 Å². The van der Waals surface area contributed by atoms with E-state index in [-0.39, 0.29) is 22.1 Å². The molecule has 1 aliphatic heterocycles. The number of rotatable bonds is 4. The van der Waals surface area contributed by atoms with Crippen molar-refractivity contribution in [1.29, 1.82) is 0 Å². The average molecular weight is 464 g/mol. The summed E-state index contributed by atoms with van der Waals surface area (Å²) in [4.78, 5) is 37.4. The number of aryl methyl sites for hydroxylation is 1. The minimum absolute atomic E-state index is 0.0595. The van der Waals surface area contributed by atoms with Gasteiger partial charge in [-0.15, -0.1) is 0 Å². The number of hydrogen-bond donors (Lipinski definition) is 1. The topological polar surface area (TPSA) is 97.5 Å². The van der Waals surface area contributed by atoms with Gasteiger partial charge in [-0.3, -0.25) is 25.0 Å². The molecule has 0 radical (unpaired) electrons. The minimum Gasteiger partial charge on any atom is -0.318 e. The molecule has 4 rings (SSSR count). The maximum absolute atomic E-state index is 14.3. The number of anilines is 1. The molecule has 1 fully saturated rings. The van der Waals surface area contributed by atoms with Gasteiger partial charge in [-0.1, -0.05) is 18.2 Å². The number of carbonyl (C=O) groups excluding carboxylic acids is 2. The van der Waals surface area contributed by atoms with Crippen molar-refractivity contribution in [2.75, 3.05) is 4.90 Å². The molecule has 2 amide bonds. The maximum Gasteiger partial charge on any atom is 0.271 e. The van der Waals surface area contributed by atoms with E-state index in [1.807, 2.05) is 0 Å². The van der Waals surface area contributed by atoms with E-state index in [0.29, 0.717) is 16.9 Å². The van der Waals surface area contributed by atoms with Crippen LogP contribution in [-0.4, -0.2) is 26.4 Å². The third-order valence-corrected chi connectivity index (χ3v) is 5.55. The van der Waals surface area contributed by atoms with Crippen LogP contribution in [0, 0.1) is 29.8 Å². The molecule has 3 aromatic rings. The second kappa shape index (κ2) is 8.40. The predicted octanol–water partition coefficient (Wildman–Crippen LogP) is 3.97. The Morgan fingerprint density at radius 1 is 1.09 bits per heavy atom. The first kappa shape index (κ1) is 22.0. The van der Waals surface area contributed by atoms with E-state index >= 15 is 0 Å². The molecule has 0 unspecified atom stereocenters. The Morgan fingerprint density at radius 2 is 1.82 bits per heavy atom. The summed E-state index contributed by atoms with van der Waals surface area (Å²) in [5.41, 5.74) is 2.18. The van der Waals surface area contributed by atoms with Gasteiger partial charge in [0, 0.05) is 23.5 Å². The van der Waals surface area contributed by atoms with Crippen LogP contribution in [0.15, 0.2) is 60.2 Å². The number of carbonyl (C=O) groups is 2. The highest BCUT2D eigenvalue weighted by Gasteiger charge is 2.35. The SMILES string of the molecule is Cc1cc(C=C2C(=O)NC(=S)N(c3ccccc3F)C2=O)c(C)n1-c1cccc([N+](=O)[O-])c1. The molecule has 0 spiro atoms. The zero-order valence-corrected chi connectivity index (χ0v) is 18.4. The van der Waals surface area contributed by atoms with Crippen LogP contribution in [0.3, 0.4) is 0 Å². The van der Waals surface area contributed by atoms with Crippen molar-refractivity contribution in [1.82, 2.24) is 9.88 Å². The molecule has 33 heavy (non-hydrogen) atoms. The van der Waals surface area contributed by atoms with Crippen LogP contribution in [0.25, 0.3) is 11.8 Å². The number of benzene rings is 2. The number of nitrogens with zero attached hydrogens (tertiary/aromatic N) is 3. The number of para-hydroxylation sites is 1. The van der Waals surface area contributed by atoms with Gasteiger partial charge in [0.2, 0.25) is 0 Å². The molecule has 0 aliphatic carbocycles. The zero-order chi connectivity index (χ0) is 23.9. The fraction of sp³-hybridized carbons (Fsp3) is 0.0870. The number of nitrogens with one attached hydrogen (secondary N) is 1. The summed E-state index contributed by atoms with van der Waals surface area (Å²) in [7, 11) is 0. The van der Waals surface area contributed by atoms with Crippen LogP contribution < -0.4 is 10.2 Å². The lowest BCUT2D eigenvalue weighted by molar-refractivity contribution is -0.384. The molecule has 1 aliphatic rings. The highest BCUT2D eigenvalue weighted by atomic mass is 32.1. The van der Waals surface area contributed by atoms with Crippen LogP contribution in [0.5, 0.6) is 0 Å². The van der Waals surface area contributed by atoms with E-state index in [1.165, 1.54) is 36.4 Å². The van der Waals surface area contributed by atoms with Crippen molar-refractivity contribution in [2.24, 2.45) is 0 Å². The maximum atomic E-state index is 14.3. The van der Waals surface area contributed by atoms with Gasteiger partial charge in [0.25, 0.3) is 17.5 Å². The molecule has 10 heteroatoms. The second-order valence-electron chi connectivity index (χ2n) is 7.35. The monoisotopic (exact) mass is 464 g/mol. The number of amides is 2. The number of halogens is 1. The van der Waals surface area contributed by atoms with Crippen LogP contribution in [-0.2, 0) is 9.59 Å². The number of thiocarbonyl (C=S) groups is 1. The van der Waals surface area contributed by atoms with E-state index < -0.39 is 22.6 Å². The standard InChI is InChI=1S/C23H17FN4O4S/c1-13-10-15(14(2)26(13)16-6-5-7-17(12-16)28(31)32)11-18-21(29)25-23(33)27(22(18)30)20-9-4-3-8-19(20)24/h3-12H,1-2H3,(H,25,29,33). The normalized spacial score (nSPS) is 15.2. The number of aromatic nitrogens is 1. The molecule has 166 valence electrons. The lowest BCUT2D eigenvalue weighted by Gasteiger charge is -2.29. The molecular weight excluding hydrogens is 447 g/mol. The van der Waals surface area contributed by atoms with Crippen molar-refractivity contribution in [3.63, 3.8) is 0 Å². The van der Waals surface area contributed by atoms with Gasteiger partial charge in [0.1, 0.15) is 11.4 Å². The smallest absolute Gasteiger partial charge is 0.271 e. The summed E-state index contributed by atoms with van der Waals surface area (Å²) in [6.07, 6.45) is 1.41. The molecule has 8 nitrogen and oxygen atoms in total. The van der Waals surface area contributed by atoms with E-state index in [9.17, 15) is 24.1 Å². The molecule has 1 saturated heterocycles. The molecule has 2 heterocycles. The first-order chi connectivity index (χ1) is 15.7. The van der Waals surface area contributed by atoms with Crippen LogP contribution >= 0.6 is 12.2 Å². The summed E-state index contributed by atoms with van der Waals surface area (Å²) in [5, 5.41) is 13.4. The average Bonchev–Trinajstić information content (AvgIpc) is 3.05. The highest BCUT2D eigenvalue weighted by molar-refractivity contribution is 7.80. The van der Waals surface area contributed by atoms with Crippen molar-refractivity contribution >= 4 is 46.6 Å². The van der Waals surface area contributed by atoms with Gasteiger partial charge < -0.3 is 4.57 Å². The Morgan fingerprint density at radius 3 is 2.52 bits per heavy atom. The van der Waals surface area contributed by atoms with Gasteiger partial charge in [-0.25, -0.2) is 9.29 Å². The molecular formula is C23H17FN4O4S. The predicted molar refractivity (Wildman–Crippen MR) is 125 cm³/mol. The number of nitro benzene ring substituents is 1. The zero-order valence-electron chi connectivity index (χ0n) is 17.5. The van der Waals surface area contributed by atoms with Crippen LogP contribution in [0.4, 0.5) is 15.8 Å². The third-order valence-electron chi connectivity index (χ3n) is 5.26. The Bertz CT molecular complexity index is 1380. The number of non-ortho nitro benzene ring substituents is 1. The minimum atomic E-state index is -0.756. The summed E-state index contributed by atoms with van der Waals surface area (Å²) in [6.45, 7) is 3.57. The summed E-state index contributed by atoms with van der Waals surface area (Å²) in [6, 6.07) is 13.5. The number of nitro groups is 1. The molecule has 1 aromatic heterocycles. The van der Waals surface area contributed by atoms with Gasteiger partial charge in [0.05, 0.1) is 16.3 Å². The molecule has 0 atom stereocenters. The molecule has 2 aromatic carbocycles. The van der Waals surface area contributed by atoms with Crippen LogP contribution in [0.2, 0.25) is 0 Å². The Kier molecular flexibility index (Phi) is 5.60. The van der Waals surface area contributed by atoms with Crippen LogP contribution in [0.1, 0.15) is 17.0 Å². The van der Waals surface area contributed by atoms with Crippen molar-refractivity contribution in [3.8, 4) is 5.69 Å². The van der Waals surface area contributed by atoms with Gasteiger partial charge in [0.15, 0.2) is 5.11 Å². The summed E-state index contributed by atoms with van der Waals surface area (Å²) in [5.74, 6) is -2.11. The lowest BCUT2D eigenvalue weighted by atomic mass is 10.1. The van der Waals surface area contributed by atoms with E-state index in [4.69, 9.17) is 12.2 Å². The van der Waals surface area contributed by atoms with E-state index in [0.717, 1.165) is 10.6 Å². The lowest BCUT2D eigenvalue weighted by Crippen LogP contribution is -2.54. The largest absolute Gasteiger partial charge is 0.318 e. The summed E-state index contributed by atoms with van der Waals surface area (Å²) < 4.78 is 16.1. The Labute approximate surface area is 193 Å². The van der Waals surface area contributed by atoms with E-state index in [2.05, 4.69) is 5.32 Å². The first-order valence-electron chi connectivity index (χ1n) is 9.79. The molecule has 0 saturated carbocycles.